The fourth-order valence-corrected chi connectivity index (χ4v) is 3.32. The first-order valence-corrected chi connectivity index (χ1v) is 8.39. The predicted molar refractivity (Wildman–Crippen MR) is 89.2 cm³/mol. The molecule has 3 heteroatoms. The molecule has 1 heterocycles. The van der Waals surface area contributed by atoms with Crippen LogP contribution in [0.1, 0.15) is 40.5 Å². The Balaban J connectivity index is 2.55. The van der Waals surface area contributed by atoms with Crippen LogP contribution in [0.5, 0.6) is 0 Å². The second-order valence-electron chi connectivity index (χ2n) is 7.96. The van der Waals surface area contributed by atoms with Crippen LogP contribution in [0.15, 0.2) is 0 Å². The van der Waals surface area contributed by atoms with Gasteiger partial charge < -0.3 is 15.1 Å². The summed E-state index contributed by atoms with van der Waals surface area (Å²) in [5, 5.41) is 3.58. The summed E-state index contributed by atoms with van der Waals surface area (Å²) in [6.07, 6.45) is 2.74. The Morgan fingerprint density at radius 1 is 1.20 bits per heavy atom. The van der Waals surface area contributed by atoms with Crippen molar-refractivity contribution < 1.29 is 0 Å². The standard InChI is InChI=1S/C17H37N3/c1-15(2)13-20(11-10-19(5)6)14-17(3,4)16-8-7-9-18-12-16/h15-16,18H,7-14H2,1-6H3. The van der Waals surface area contributed by atoms with Crippen molar-refractivity contribution in [2.45, 2.75) is 40.5 Å². The molecule has 1 aliphatic heterocycles. The first-order chi connectivity index (χ1) is 9.31. The summed E-state index contributed by atoms with van der Waals surface area (Å²) in [6, 6.07) is 0. The van der Waals surface area contributed by atoms with Gasteiger partial charge in [-0.05, 0) is 57.3 Å². The Kier molecular flexibility index (Phi) is 7.49. The molecule has 1 aliphatic rings. The van der Waals surface area contributed by atoms with E-state index in [0.717, 1.165) is 18.4 Å². The molecule has 0 aliphatic carbocycles. The smallest absolute Gasteiger partial charge is 0.0109 e. The molecule has 0 aromatic rings. The van der Waals surface area contributed by atoms with Crippen LogP contribution >= 0.6 is 0 Å². The number of nitrogens with one attached hydrogen (secondary N) is 1. The van der Waals surface area contributed by atoms with Gasteiger partial charge in [0.2, 0.25) is 0 Å². The molecule has 1 N–H and O–H groups in total. The van der Waals surface area contributed by atoms with Crippen molar-refractivity contribution in [1.82, 2.24) is 15.1 Å². The van der Waals surface area contributed by atoms with Crippen LogP contribution in [-0.2, 0) is 0 Å². The van der Waals surface area contributed by atoms with Gasteiger partial charge in [-0.1, -0.05) is 27.7 Å². The van der Waals surface area contributed by atoms with Crippen molar-refractivity contribution in [3.8, 4) is 0 Å². The second kappa shape index (κ2) is 8.35. The third-order valence-electron chi connectivity index (χ3n) is 4.52. The molecular weight excluding hydrogens is 246 g/mol. The number of likely N-dealkylation sites (N-methyl/N-ethyl adjacent to an activating group) is 1. The fraction of sp³-hybridized carbons (Fsp3) is 1.00. The predicted octanol–water partition coefficient (Wildman–Crippen LogP) is 2.53. The van der Waals surface area contributed by atoms with Gasteiger partial charge in [0, 0.05) is 26.2 Å². The summed E-state index contributed by atoms with van der Waals surface area (Å²) < 4.78 is 0. The minimum atomic E-state index is 0.411. The summed E-state index contributed by atoms with van der Waals surface area (Å²) in [6.45, 7) is 16.8. The maximum Gasteiger partial charge on any atom is 0.0109 e. The molecule has 1 atom stereocenters. The van der Waals surface area contributed by atoms with E-state index in [0.29, 0.717) is 5.41 Å². The summed E-state index contributed by atoms with van der Waals surface area (Å²) >= 11 is 0. The van der Waals surface area contributed by atoms with Crippen molar-refractivity contribution in [3.63, 3.8) is 0 Å². The van der Waals surface area contributed by atoms with E-state index in [2.05, 4.69) is 56.9 Å². The summed E-state index contributed by atoms with van der Waals surface area (Å²) in [4.78, 5) is 4.97. The van der Waals surface area contributed by atoms with E-state index in [1.165, 1.54) is 45.6 Å². The number of hydrogen-bond acceptors (Lipinski definition) is 3. The van der Waals surface area contributed by atoms with E-state index in [9.17, 15) is 0 Å². The van der Waals surface area contributed by atoms with E-state index < -0.39 is 0 Å². The second-order valence-corrected chi connectivity index (χ2v) is 7.96. The highest BCUT2D eigenvalue weighted by atomic mass is 15.2. The molecule has 120 valence electrons. The molecule has 0 saturated carbocycles. The van der Waals surface area contributed by atoms with Gasteiger partial charge in [0.05, 0.1) is 0 Å². The number of hydrogen-bond donors (Lipinski definition) is 1. The first kappa shape index (κ1) is 17.9. The van der Waals surface area contributed by atoms with Gasteiger partial charge >= 0.3 is 0 Å². The number of rotatable bonds is 8. The fourth-order valence-electron chi connectivity index (χ4n) is 3.32. The molecule has 3 nitrogen and oxygen atoms in total. The molecule has 0 aromatic heterocycles. The maximum absolute atomic E-state index is 3.58. The Hall–Kier alpha value is -0.120. The Labute approximate surface area is 127 Å². The van der Waals surface area contributed by atoms with E-state index in [1.54, 1.807) is 0 Å². The Morgan fingerprint density at radius 2 is 1.90 bits per heavy atom. The van der Waals surface area contributed by atoms with E-state index in [-0.39, 0.29) is 0 Å². The third-order valence-corrected chi connectivity index (χ3v) is 4.52. The molecule has 20 heavy (non-hydrogen) atoms. The van der Waals surface area contributed by atoms with Gasteiger partial charge in [0.1, 0.15) is 0 Å². The van der Waals surface area contributed by atoms with Gasteiger partial charge in [-0.2, -0.15) is 0 Å². The number of nitrogens with zero attached hydrogens (tertiary/aromatic N) is 2. The highest BCUT2D eigenvalue weighted by Gasteiger charge is 2.32. The summed E-state index contributed by atoms with van der Waals surface area (Å²) in [5.41, 5.74) is 0.411. The van der Waals surface area contributed by atoms with Gasteiger partial charge in [-0.3, -0.25) is 0 Å². The molecule has 1 rings (SSSR count). The minimum absolute atomic E-state index is 0.411. The lowest BCUT2D eigenvalue weighted by Gasteiger charge is -2.41. The van der Waals surface area contributed by atoms with Crippen molar-refractivity contribution in [1.29, 1.82) is 0 Å². The molecule has 1 saturated heterocycles. The topological polar surface area (TPSA) is 18.5 Å². The highest BCUT2D eigenvalue weighted by Crippen LogP contribution is 2.32. The third kappa shape index (κ3) is 6.55. The van der Waals surface area contributed by atoms with Gasteiger partial charge in [-0.15, -0.1) is 0 Å². The lowest BCUT2D eigenvalue weighted by molar-refractivity contribution is 0.0888. The summed E-state index contributed by atoms with van der Waals surface area (Å²) in [7, 11) is 4.34. The van der Waals surface area contributed by atoms with Gasteiger partial charge in [0.25, 0.3) is 0 Å². The van der Waals surface area contributed by atoms with Crippen LogP contribution in [0.3, 0.4) is 0 Å². The molecule has 0 aromatic carbocycles. The molecule has 0 amide bonds. The van der Waals surface area contributed by atoms with Crippen molar-refractivity contribution in [2.75, 3.05) is 53.4 Å². The largest absolute Gasteiger partial charge is 0.316 e. The van der Waals surface area contributed by atoms with Crippen molar-refractivity contribution in [3.05, 3.63) is 0 Å². The van der Waals surface area contributed by atoms with Gasteiger partial charge in [-0.25, -0.2) is 0 Å². The normalized spacial score (nSPS) is 21.1. The van der Waals surface area contributed by atoms with Crippen LogP contribution in [-0.4, -0.2) is 63.2 Å². The lowest BCUT2D eigenvalue weighted by Crippen LogP contribution is -2.46. The molecule has 1 unspecified atom stereocenters. The maximum atomic E-state index is 3.58. The monoisotopic (exact) mass is 283 g/mol. The first-order valence-electron chi connectivity index (χ1n) is 8.39. The van der Waals surface area contributed by atoms with Crippen LogP contribution in [0, 0.1) is 17.3 Å². The highest BCUT2D eigenvalue weighted by molar-refractivity contribution is 4.85. The van der Waals surface area contributed by atoms with Crippen LogP contribution in [0.4, 0.5) is 0 Å². The Morgan fingerprint density at radius 3 is 2.40 bits per heavy atom. The SMILES string of the molecule is CC(C)CN(CCN(C)C)CC(C)(C)C1CCCNC1. The average Bonchev–Trinajstić information content (AvgIpc) is 2.36. The van der Waals surface area contributed by atoms with Crippen LogP contribution in [0.25, 0.3) is 0 Å². The Bertz CT molecular complexity index is 255. The average molecular weight is 284 g/mol. The van der Waals surface area contributed by atoms with E-state index in [1.807, 2.05) is 0 Å². The van der Waals surface area contributed by atoms with Crippen molar-refractivity contribution >= 4 is 0 Å². The molecule has 0 bridgehead atoms. The van der Waals surface area contributed by atoms with Crippen LogP contribution in [0.2, 0.25) is 0 Å². The van der Waals surface area contributed by atoms with Crippen LogP contribution < -0.4 is 5.32 Å². The van der Waals surface area contributed by atoms with Crippen molar-refractivity contribution in [2.24, 2.45) is 17.3 Å². The molecule has 0 radical (unpaired) electrons. The quantitative estimate of drug-likeness (QED) is 0.738. The van der Waals surface area contributed by atoms with Gasteiger partial charge in [0.15, 0.2) is 0 Å². The minimum Gasteiger partial charge on any atom is -0.316 e. The molecular formula is C17H37N3. The zero-order valence-electron chi connectivity index (χ0n) is 14.7. The zero-order chi connectivity index (χ0) is 15.2. The molecule has 0 spiro atoms. The van der Waals surface area contributed by atoms with E-state index >= 15 is 0 Å². The number of piperidine rings is 1. The van der Waals surface area contributed by atoms with E-state index in [4.69, 9.17) is 0 Å². The zero-order valence-corrected chi connectivity index (χ0v) is 14.7. The molecule has 1 fully saturated rings. The summed E-state index contributed by atoms with van der Waals surface area (Å²) in [5.74, 6) is 1.57. The lowest BCUT2D eigenvalue weighted by atomic mass is 9.74.